The average Bonchev–Trinajstić information content (AvgIpc) is 2.67. The molecule has 0 aliphatic rings. The van der Waals surface area contributed by atoms with E-state index in [-0.39, 0.29) is 0 Å². The number of anilines is 1. The molecule has 0 bridgehead atoms. The fourth-order valence-corrected chi connectivity index (χ4v) is 1.40. The highest BCUT2D eigenvalue weighted by Crippen LogP contribution is 2.23. The fourth-order valence-electron chi connectivity index (χ4n) is 1.40. The van der Waals surface area contributed by atoms with Gasteiger partial charge in [-0.1, -0.05) is 11.3 Å². The summed E-state index contributed by atoms with van der Waals surface area (Å²) in [6.07, 6.45) is 1.82. The number of benzene rings is 1. The average molecular weight is 218 g/mol. The summed E-state index contributed by atoms with van der Waals surface area (Å²) in [5.74, 6) is 0.783. The van der Waals surface area contributed by atoms with Gasteiger partial charge < -0.3 is 10.5 Å². The van der Waals surface area contributed by atoms with Gasteiger partial charge in [0.25, 0.3) is 0 Å². The van der Waals surface area contributed by atoms with E-state index in [1.165, 1.54) is 0 Å². The first-order chi connectivity index (χ1) is 7.66. The molecule has 0 radical (unpaired) electrons. The minimum atomic E-state index is 0.401. The Kier molecular flexibility index (Phi) is 2.76. The van der Waals surface area contributed by atoms with Crippen LogP contribution in [0.1, 0.15) is 11.3 Å². The van der Waals surface area contributed by atoms with Gasteiger partial charge in [-0.3, -0.25) is 4.68 Å². The maximum Gasteiger partial charge on any atom is 0.134 e. The Morgan fingerprint density at radius 3 is 2.94 bits per heavy atom. The zero-order valence-electron chi connectivity index (χ0n) is 9.34. The molecule has 0 spiro atoms. The largest absolute Gasteiger partial charge is 0.487 e. The van der Waals surface area contributed by atoms with Gasteiger partial charge in [0, 0.05) is 18.3 Å². The minimum Gasteiger partial charge on any atom is -0.487 e. The molecule has 1 heterocycles. The fraction of sp³-hybridized carbons (Fsp3) is 0.273. The summed E-state index contributed by atoms with van der Waals surface area (Å²) in [5.41, 5.74) is 8.26. The molecule has 0 saturated heterocycles. The van der Waals surface area contributed by atoms with Crippen LogP contribution >= 0.6 is 0 Å². The summed E-state index contributed by atoms with van der Waals surface area (Å²) in [7, 11) is 1.82. The molecule has 0 atom stereocenters. The summed E-state index contributed by atoms with van der Waals surface area (Å²) in [5, 5.41) is 7.77. The molecule has 0 amide bonds. The van der Waals surface area contributed by atoms with Crippen molar-refractivity contribution >= 4 is 5.69 Å². The van der Waals surface area contributed by atoms with Crippen molar-refractivity contribution < 1.29 is 4.74 Å². The zero-order valence-corrected chi connectivity index (χ0v) is 9.34. The molecule has 1 aromatic carbocycles. The van der Waals surface area contributed by atoms with Gasteiger partial charge in [-0.15, -0.1) is 5.10 Å². The van der Waals surface area contributed by atoms with Crippen molar-refractivity contribution in [1.82, 2.24) is 15.0 Å². The van der Waals surface area contributed by atoms with E-state index < -0.39 is 0 Å². The third-order valence-corrected chi connectivity index (χ3v) is 2.35. The zero-order chi connectivity index (χ0) is 11.5. The highest BCUT2D eigenvalue weighted by molar-refractivity contribution is 5.53. The van der Waals surface area contributed by atoms with Crippen LogP contribution < -0.4 is 10.5 Å². The molecule has 84 valence electrons. The normalized spacial score (nSPS) is 10.4. The standard InChI is InChI=1S/C11H14N4O/c1-8-10(12)4-3-5-11(8)16-7-9-6-15(2)14-13-9/h3-6H,7,12H2,1-2H3. The van der Waals surface area contributed by atoms with E-state index in [9.17, 15) is 0 Å². The maximum absolute atomic E-state index is 5.78. The van der Waals surface area contributed by atoms with Crippen LogP contribution in [0.3, 0.4) is 0 Å². The second kappa shape index (κ2) is 4.22. The Morgan fingerprint density at radius 1 is 1.44 bits per heavy atom. The van der Waals surface area contributed by atoms with Crippen LogP contribution in [-0.4, -0.2) is 15.0 Å². The van der Waals surface area contributed by atoms with Gasteiger partial charge >= 0.3 is 0 Å². The van der Waals surface area contributed by atoms with E-state index in [4.69, 9.17) is 10.5 Å². The number of hydrogen-bond acceptors (Lipinski definition) is 4. The summed E-state index contributed by atoms with van der Waals surface area (Å²) in [6.45, 7) is 2.33. The molecular weight excluding hydrogens is 204 g/mol. The van der Waals surface area contributed by atoms with Crippen LogP contribution in [0.25, 0.3) is 0 Å². The van der Waals surface area contributed by atoms with Crippen molar-refractivity contribution in [3.8, 4) is 5.75 Å². The lowest BCUT2D eigenvalue weighted by atomic mass is 10.2. The van der Waals surface area contributed by atoms with Gasteiger partial charge in [0.15, 0.2) is 0 Å². The van der Waals surface area contributed by atoms with Crippen LogP contribution in [-0.2, 0) is 13.7 Å². The molecule has 2 rings (SSSR count). The van der Waals surface area contributed by atoms with E-state index in [0.717, 1.165) is 22.7 Å². The Morgan fingerprint density at radius 2 is 2.25 bits per heavy atom. The molecule has 0 fully saturated rings. The van der Waals surface area contributed by atoms with E-state index in [2.05, 4.69) is 10.3 Å². The maximum atomic E-state index is 5.78. The molecule has 0 aliphatic heterocycles. The first kappa shape index (κ1) is 10.5. The number of nitrogen functional groups attached to an aromatic ring is 1. The van der Waals surface area contributed by atoms with Crippen molar-refractivity contribution in [3.05, 3.63) is 35.7 Å². The van der Waals surface area contributed by atoms with Crippen molar-refractivity contribution in [1.29, 1.82) is 0 Å². The van der Waals surface area contributed by atoms with Gasteiger partial charge in [-0.25, -0.2) is 0 Å². The summed E-state index contributed by atoms with van der Waals surface area (Å²) in [6, 6.07) is 5.61. The molecule has 16 heavy (non-hydrogen) atoms. The smallest absolute Gasteiger partial charge is 0.134 e. The van der Waals surface area contributed by atoms with Crippen molar-refractivity contribution in [2.75, 3.05) is 5.73 Å². The SMILES string of the molecule is Cc1c(N)cccc1OCc1cn(C)nn1. The topological polar surface area (TPSA) is 66.0 Å². The third-order valence-electron chi connectivity index (χ3n) is 2.35. The lowest BCUT2D eigenvalue weighted by molar-refractivity contribution is 0.299. The first-order valence-electron chi connectivity index (χ1n) is 5.00. The van der Waals surface area contributed by atoms with Gasteiger partial charge in [0.05, 0.1) is 6.20 Å². The number of nitrogens with zero attached hydrogens (tertiary/aromatic N) is 3. The molecule has 2 aromatic rings. The lowest BCUT2D eigenvalue weighted by Gasteiger charge is -2.08. The van der Waals surface area contributed by atoms with Crippen molar-refractivity contribution in [3.63, 3.8) is 0 Å². The molecule has 0 unspecified atom stereocenters. The summed E-state index contributed by atoms with van der Waals surface area (Å²) < 4.78 is 7.26. The van der Waals surface area contributed by atoms with E-state index in [0.29, 0.717) is 6.61 Å². The number of nitrogens with two attached hydrogens (primary N) is 1. The van der Waals surface area contributed by atoms with Crippen LogP contribution in [0.5, 0.6) is 5.75 Å². The molecule has 1 aromatic heterocycles. The van der Waals surface area contributed by atoms with Crippen LogP contribution in [0, 0.1) is 6.92 Å². The second-order valence-electron chi connectivity index (χ2n) is 3.64. The van der Waals surface area contributed by atoms with E-state index >= 15 is 0 Å². The predicted molar refractivity (Wildman–Crippen MR) is 60.9 cm³/mol. The van der Waals surface area contributed by atoms with E-state index in [1.54, 1.807) is 4.68 Å². The number of aromatic nitrogens is 3. The Balaban J connectivity index is 2.07. The molecular formula is C11H14N4O. The van der Waals surface area contributed by atoms with Gasteiger partial charge in [-0.05, 0) is 19.1 Å². The highest BCUT2D eigenvalue weighted by atomic mass is 16.5. The van der Waals surface area contributed by atoms with Gasteiger partial charge in [0.2, 0.25) is 0 Å². The van der Waals surface area contributed by atoms with Crippen molar-refractivity contribution in [2.45, 2.75) is 13.5 Å². The second-order valence-corrected chi connectivity index (χ2v) is 3.64. The molecule has 5 nitrogen and oxygen atoms in total. The number of ether oxygens (including phenoxy) is 1. The first-order valence-corrected chi connectivity index (χ1v) is 5.00. The Labute approximate surface area is 93.8 Å². The van der Waals surface area contributed by atoms with Crippen molar-refractivity contribution in [2.24, 2.45) is 7.05 Å². The molecule has 0 saturated carbocycles. The summed E-state index contributed by atoms with van der Waals surface area (Å²) in [4.78, 5) is 0. The van der Waals surface area contributed by atoms with E-state index in [1.807, 2.05) is 38.4 Å². The lowest BCUT2D eigenvalue weighted by Crippen LogP contribution is -1.99. The molecule has 5 heteroatoms. The Hall–Kier alpha value is -2.04. The number of hydrogen-bond donors (Lipinski definition) is 1. The number of rotatable bonds is 3. The van der Waals surface area contributed by atoms with Gasteiger partial charge in [-0.2, -0.15) is 0 Å². The van der Waals surface area contributed by atoms with Crippen LogP contribution in [0.2, 0.25) is 0 Å². The number of aryl methyl sites for hydroxylation is 1. The van der Waals surface area contributed by atoms with Gasteiger partial charge in [0.1, 0.15) is 18.1 Å². The quantitative estimate of drug-likeness (QED) is 0.788. The Bertz CT molecular complexity index is 492. The third kappa shape index (κ3) is 2.13. The predicted octanol–water partition coefficient (Wildman–Crippen LogP) is 1.28. The van der Waals surface area contributed by atoms with Crippen LogP contribution in [0.15, 0.2) is 24.4 Å². The molecule has 2 N–H and O–H groups in total. The summed E-state index contributed by atoms with van der Waals surface area (Å²) >= 11 is 0. The highest BCUT2D eigenvalue weighted by Gasteiger charge is 2.04. The minimum absolute atomic E-state index is 0.401. The van der Waals surface area contributed by atoms with Crippen LogP contribution in [0.4, 0.5) is 5.69 Å². The monoisotopic (exact) mass is 218 g/mol. The molecule has 0 aliphatic carbocycles.